The number of ether oxygens (including phenoxy) is 3. The van der Waals surface area contributed by atoms with E-state index in [9.17, 15) is 9.59 Å². The van der Waals surface area contributed by atoms with Gasteiger partial charge in [-0.3, -0.25) is 14.2 Å². The quantitative estimate of drug-likeness (QED) is 0.306. The topological polar surface area (TPSA) is 91.7 Å². The number of amides is 1. The first-order valence-corrected chi connectivity index (χ1v) is 12.2. The van der Waals surface area contributed by atoms with Crippen molar-refractivity contribution in [1.82, 2.24) is 9.55 Å². The molecule has 35 heavy (non-hydrogen) atoms. The zero-order valence-corrected chi connectivity index (χ0v) is 19.8. The Kier molecular flexibility index (Phi) is 6.58. The van der Waals surface area contributed by atoms with Crippen LogP contribution in [0.25, 0.3) is 16.6 Å². The van der Waals surface area contributed by atoms with E-state index in [1.165, 1.54) is 16.3 Å². The summed E-state index contributed by atoms with van der Waals surface area (Å²) in [7, 11) is 0. The first-order chi connectivity index (χ1) is 17.1. The van der Waals surface area contributed by atoms with Gasteiger partial charge >= 0.3 is 0 Å². The van der Waals surface area contributed by atoms with Crippen molar-refractivity contribution >= 4 is 34.3 Å². The van der Waals surface area contributed by atoms with Crippen LogP contribution in [0.5, 0.6) is 17.2 Å². The van der Waals surface area contributed by atoms with Crippen LogP contribution in [0, 0.1) is 0 Å². The third-order valence-electron chi connectivity index (χ3n) is 5.31. The highest BCUT2D eigenvalue weighted by molar-refractivity contribution is 7.99. The maximum Gasteiger partial charge on any atom is 0.266 e. The molecule has 1 aliphatic rings. The normalized spacial score (nSPS) is 12.4. The molecule has 178 valence electrons. The minimum atomic E-state index is -0.229. The monoisotopic (exact) mass is 489 g/mol. The molecule has 0 radical (unpaired) electrons. The molecule has 0 unspecified atom stereocenters. The molecule has 0 spiro atoms. The second kappa shape index (κ2) is 10.1. The molecule has 1 aliphatic heterocycles. The molecule has 4 aromatic rings. The molecule has 3 aromatic carbocycles. The number of benzene rings is 3. The van der Waals surface area contributed by atoms with Crippen LogP contribution >= 0.6 is 11.8 Å². The van der Waals surface area contributed by atoms with Gasteiger partial charge in [-0.2, -0.15) is 0 Å². The number of fused-ring (bicyclic) bond motifs is 2. The Labute approximate surface area is 205 Å². The Hall–Kier alpha value is -3.98. The van der Waals surface area contributed by atoms with E-state index in [-0.39, 0.29) is 17.2 Å². The average molecular weight is 490 g/mol. The number of nitrogens with one attached hydrogen (secondary N) is 1. The van der Waals surface area contributed by atoms with Crippen LogP contribution in [0.3, 0.4) is 0 Å². The molecule has 0 bridgehead atoms. The van der Waals surface area contributed by atoms with E-state index in [0.29, 0.717) is 64.5 Å². The molecule has 1 aromatic heterocycles. The number of nitrogens with zero attached hydrogens (tertiary/aromatic N) is 2. The lowest BCUT2D eigenvalue weighted by molar-refractivity contribution is -0.113. The van der Waals surface area contributed by atoms with Crippen molar-refractivity contribution in [3.8, 4) is 22.9 Å². The summed E-state index contributed by atoms with van der Waals surface area (Å²) in [4.78, 5) is 30.8. The summed E-state index contributed by atoms with van der Waals surface area (Å²) >= 11 is 1.19. The Morgan fingerprint density at radius 2 is 1.83 bits per heavy atom. The van der Waals surface area contributed by atoms with Crippen LogP contribution in [-0.4, -0.2) is 41.0 Å². The number of anilines is 1. The van der Waals surface area contributed by atoms with E-state index in [2.05, 4.69) is 10.3 Å². The lowest BCUT2D eigenvalue weighted by Crippen LogP contribution is -2.23. The van der Waals surface area contributed by atoms with E-state index in [0.717, 1.165) is 0 Å². The third-order valence-corrected chi connectivity index (χ3v) is 6.25. The van der Waals surface area contributed by atoms with E-state index in [4.69, 9.17) is 14.2 Å². The highest BCUT2D eigenvalue weighted by atomic mass is 32.2. The van der Waals surface area contributed by atoms with Crippen LogP contribution in [0.15, 0.2) is 76.7 Å². The average Bonchev–Trinajstić information content (AvgIpc) is 2.88. The van der Waals surface area contributed by atoms with Gasteiger partial charge in [-0.15, -0.1) is 0 Å². The van der Waals surface area contributed by atoms with E-state index < -0.39 is 0 Å². The molecule has 0 fully saturated rings. The first kappa shape index (κ1) is 22.8. The summed E-state index contributed by atoms with van der Waals surface area (Å²) in [5.41, 5.74) is 1.63. The fraction of sp³-hybridized carbons (Fsp3) is 0.192. The number of aromatic nitrogens is 2. The van der Waals surface area contributed by atoms with Crippen molar-refractivity contribution in [2.24, 2.45) is 0 Å². The van der Waals surface area contributed by atoms with Crippen molar-refractivity contribution in [2.45, 2.75) is 12.1 Å². The number of carbonyl (C=O) groups excluding carboxylic acids is 1. The van der Waals surface area contributed by atoms with Gasteiger partial charge in [-0.25, -0.2) is 4.98 Å². The smallest absolute Gasteiger partial charge is 0.266 e. The van der Waals surface area contributed by atoms with Crippen molar-refractivity contribution in [3.05, 3.63) is 77.1 Å². The van der Waals surface area contributed by atoms with Gasteiger partial charge in [0.05, 0.1) is 29.0 Å². The molecular formula is C26H23N3O5S. The Morgan fingerprint density at radius 3 is 2.63 bits per heavy atom. The zero-order chi connectivity index (χ0) is 24.2. The van der Waals surface area contributed by atoms with Crippen molar-refractivity contribution in [2.75, 3.05) is 30.9 Å². The van der Waals surface area contributed by atoms with Crippen LogP contribution in [0.2, 0.25) is 0 Å². The summed E-state index contributed by atoms with van der Waals surface area (Å²) in [6.45, 7) is 3.44. The van der Waals surface area contributed by atoms with Crippen molar-refractivity contribution < 1.29 is 19.0 Å². The summed E-state index contributed by atoms with van der Waals surface area (Å²) in [5, 5.41) is 3.80. The van der Waals surface area contributed by atoms with Crippen molar-refractivity contribution in [1.29, 1.82) is 0 Å². The number of hydrogen-bond donors (Lipinski definition) is 1. The number of thioether (sulfide) groups is 1. The summed E-state index contributed by atoms with van der Waals surface area (Å²) in [6, 6.07) is 19.7. The zero-order valence-electron chi connectivity index (χ0n) is 19.0. The van der Waals surface area contributed by atoms with Gasteiger partial charge in [0.1, 0.15) is 19.0 Å². The molecule has 9 heteroatoms. The van der Waals surface area contributed by atoms with Gasteiger partial charge in [0, 0.05) is 11.8 Å². The second-order valence-electron chi connectivity index (χ2n) is 7.67. The van der Waals surface area contributed by atoms with Gasteiger partial charge in [0.2, 0.25) is 5.91 Å². The Balaban J connectivity index is 1.40. The predicted molar refractivity (Wildman–Crippen MR) is 135 cm³/mol. The molecule has 8 nitrogen and oxygen atoms in total. The fourth-order valence-corrected chi connectivity index (χ4v) is 4.56. The molecule has 0 saturated heterocycles. The lowest BCUT2D eigenvalue weighted by atomic mass is 10.2. The molecule has 0 saturated carbocycles. The first-order valence-electron chi connectivity index (χ1n) is 11.2. The van der Waals surface area contributed by atoms with E-state index >= 15 is 0 Å². The van der Waals surface area contributed by atoms with Gasteiger partial charge in [-0.05, 0) is 55.5 Å². The molecule has 1 N–H and O–H groups in total. The number of rotatable bonds is 7. The number of carbonyl (C=O) groups is 1. The van der Waals surface area contributed by atoms with E-state index in [1.54, 1.807) is 30.3 Å². The number of hydrogen-bond acceptors (Lipinski definition) is 7. The molecule has 0 aliphatic carbocycles. The lowest BCUT2D eigenvalue weighted by Gasteiger charge is -2.19. The third kappa shape index (κ3) is 4.95. The SMILES string of the molecule is CCOc1ccc(-n2c(SCC(=O)Nc3ccc4c(c3)OCCO4)nc3ccccc3c2=O)cc1. The molecule has 0 atom stereocenters. The maximum absolute atomic E-state index is 13.4. The van der Waals surface area contributed by atoms with Crippen LogP contribution in [0.4, 0.5) is 5.69 Å². The largest absolute Gasteiger partial charge is 0.494 e. The highest BCUT2D eigenvalue weighted by Gasteiger charge is 2.16. The van der Waals surface area contributed by atoms with Crippen LogP contribution < -0.4 is 25.1 Å². The Bertz CT molecular complexity index is 1440. The fourth-order valence-electron chi connectivity index (χ4n) is 3.74. The second-order valence-corrected chi connectivity index (χ2v) is 8.62. The minimum Gasteiger partial charge on any atom is -0.494 e. The van der Waals surface area contributed by atoms with Crippen LogP contribution in [0.1, 0.15) is 6.92 Å². The van der Waals surface area contributed by atoms with Gasteiger partial charge in [0.25, 0.3) is 5.56 Å². The highest BCUT2D eigenvalue weighted by Crippen LogP contribution is 2.32. The summed E-state index contributed by atoms with van der Waals surface area (Å²) in [5.74, 6) is 1.81. The van der Waals surface area contributed by atoms with Gasteiger partial charge in [0.15, 0.2) is 16.7 Å². The van der Waals surface area contributed by atoms with E-state index in [1.807, 2.05) is 43.3 Å². The molecule has 1 amide bonds. The Morgan fingerprint density at radius 1 is 1.06 bits per heavy atom. The molecule has 2 heterocycles. The molecular weight excluding hydrogens is 466 g/mol. The predicted octanol–water partition coefficient (Wildman–Crippen LogP) is 4.29. The maximum atomic E-state index is 13.4. The summed E-state index contributed by atoms with van der Waals surface area (Å²) < 4.78 is 18.1. The van der Waals surface area contributed by atoms with Crippen LogP contribution in [-0.2, 0) is 4.79 Å². The number of para-hydroxylation sites is 1. The van der Waals surface area contributed by atoms with Gasteiger partial charge < -0.3 is 19.5 Å². The van der Waals surface area contributed by atoms with Gasteiger partial charge in [-0.1, -0.05) is 23.9 Å². The summed E-state index contributed by atoms with van der Waals surface area (Å²) in [6.07, 6.45) is 0. The molecule has 5 rings (SSSR count). The minimum absolute atomic E-state index is 0.0657. The standard InChI is InChI=1S/C26H23N3O5S/c1-2-32-19-10-8-18(9-11-19)29-25(31)20-5-3-4-6-21(20)28-26(29)35-16-24(30)27-17-7-12-22-23(15-17)34-14-13-33-22/h3-12,15H,2,13-14,16H2,1H3,(H,27,30). The van der Waals surface area contributed by atoms with Crippen molar-refractivity contribution in [3.63, 3.8) is 0 Å².